The third-order valence-electron chi connectivity index (χ3n) is 5.93. The summed E-state index contributed by atoms with van der Waals surface area (Å²) in [6, 6.07) is 19.2. The summed E-state index contributed by atoms with van der Waals surface area (Å²) in [6.07, 6.45) is -1.08. The van der Waals surface area contributed by atoms with Crippen molar-refractivity contribution in [2.24, 2.45) is 5.92 Å². The molecule has 8 nitrogen and oxygen atoms in total. The van der Waals surface area contributed by atoms with Crippen LogP contribution in [0.1, 0.15) is 17.2 Å². The predicted octanol–water partition coefficient (Wildman–Crippen LogP) is 4.61. The quantitative estimate of drug-likeness (QED) is 0.319. The second kappa shape index (κ2) is 7.99. The molecular weight excluding hydrogens is 446 g/mol. The molecule has 5 rings (SSSR count). The Balaban J connectivity index is 1.63. The number of anilines is 2. The van der Waals surface area contributed by atoms with Gasteiger partial charge in [0.05, 0.1) is 22.3 Å². The Morgan fingerprint density at radius 2 is 1.64 bits per heavy atom. The van der Waals surface area contributed by atoms with Crippen molar-refractivity contribution in [1.29, 1.82) is 0 Å². The highest BCUT2D eigenvalue weighted by atomic mass is 35.5. The van der Waals surface area contributed by atoms with Crippen molar-refractivity contribution >= 4 is 40.5 Å². The van der Waals surface area contributed by atoms with E-state index in [4.69, 9.17) is 16.4 Å². The van der Waals surface area contributed by atoms with Crippen molar-refractivity contribution in [2.45, 2.75) is 19.1 Å². The van der Waals surface area contributed by atoms with E-state index in [1.165, 1.54) is 23.3 Å². The van der Waals surface area contributed by atoms with Gasteiger partial charge in [0.15, 0.2) is 6.10 Å². The number of para-hydroxylation sites is 1. The number of nitro groups is 1. The Morgan fingerprint density at radius 3 is 2.30 bits per heavy atom. The van der Waals surface area contributed by atoms with E-state index in [-0.39, 0.29) is 10.7 Å². The maximum absolute atomic E-state index is 13.6. The van der Waals surface area contributed by atoms with Crippen LogP contribution in [0.5, 0.6) is 0 Å². The zero-order valence-corrected chi connectivity index (χ0v) is 18.2. The van der Waals surface area contributed by atoms with Gasteiger partial charge in [0, 0.05) is 22.7 Å². The first-order valence-corrected chi connectivity index (χ1v) is 10.6. The minimum atomic E-state index is -1.08. The van der Waals surface area contributed by atoms with Gasteiger partial charge in [-0.25, -0.2) is 9.96 Å². The lowest BCUT2D eigenvalue weighted by Crippen LogP contribution is -2.37. The Kier molecular flexibility index (Phi) is 5.11. The number of non-ortho nitro benzene ring substituents is 1. The van der Waals surface area contributed by atoms with Crippen molar-refractivity contribution in [2.75, 3.05) is 9.96 Å². The van der Waals surface area contributed by atoms with Crippen molar-refractivity contribution in [3.63, 3.8) is 0 Å². The smallest absolute Gasteiger partial charge is 0.269 e. The van der Waals surface area contributed by atoms with E-state index < -0.39 is 34.8 Å². The maximum Gasteiger partial charge on any atom is 0.269 e. The van der Waals surface area contributed by atoms with Gasteiger partial charge in [-0.1, -0.05) is 47.5 Å². The summed E-state index contributed by atoms with van der Waals surface area (Å²) < 4.78 is 0. The number of carbonyl (C=O) groups excluding carboxylic acids is 2. The van der Waals surface area contributed by atoms with E-state index in [0.717, 1.165) is 10.5 Å². The number of halogens is 1. The molecule has 2 saturated heterocycles. The normalized spacial score (nSPS) is 22.1. The molecular formula is C24H18ClN3O5. The summed E-state index contributed by atoms with van der Waals surface area (Å²) in [7, 11) is 0. The van der Waals surface area contributed by atoms with E-state index in [0.29, 0.717) is 16.9 Å². The highest BCUT2D eigenvalue weighted by Gasteiger charge is 2.60. The first-order chi connectivity index (χ1) is 15.9. The number of amides is 2. The number of hydrogen-bond acceptors (Lipinski definition) is 6. The molecule has 2 aliphatic rings. The minimum absolute atomic E-state index is 0.168. The number of nitrogens with zero attached hydrogens (tertiary/aromatic N) is 3. The summed E-state index contributed by atoms with van der Waals surface area (Å²) in [4.78, 5) is 45.0. The lowest BCUT2D eigenvalue weighted by atomic mass is 9.90. The van der Waals surface area contributed by atoms with E-state index in [9.17, 15) is 19.7 Å². The molecule has 3 atom stereocenters. The minimum Gasteiger partial charge on any atom is -0.273 e. The number of rotatable bonds is 4. The molecule has 166 valence electrons. The molecule has 0 aliphatic carbocycles. The van der Waals surface area contributed by atoms with E-state index in [1.807, 2.05) is 25.1 Å². The van der Waals surface area contributed by atoms with E-state index in [1.54, 1.807) is 36.4 Å². The largest absolute Gasteiger partial charge is 0.273 e. The third kappa shape index (κ3) is 3.44. The topological polar surface area (TPSA) is 93.0 Å². The van der Waals surface area contributed by atoms with E-state index in [2.05, 4.69) is 0 Å². The first-order valence-electron chi connectivity index (χ1n) is 10.3. The van der Waals surface area contributed by atoms with Gasteiger partial charge in [-0.2, -0.15) is 0 Å². The maximum atomic E-state index is 13.6. The fraction of sp³-hybridized carbons (Fsp3) is 0.167. The van der Waals surface area contributed by atoms with Gasteiger partial charge in [0.2, 0.25) is 5.91 Å². The Morgan fingerprint density at radius 1 is 0.939 bits per heavy atom. The summed E-state index contributed by atoms with van der Waals surface area (Å²) in [5.41, 5.74) is 2.21. The molecule has 33 heavy (non-hydrogen) atoms. The number of benzene rings is 3. The molecule has 0 N–H and O–H groups in total. The van der Waals surface area contributed by atoms with Gasteiger partial charge in [-0.15, -0.1) is 0 Å². The van der Waals surface area contributed by atoms with Gasteiger partial charge < -0.3 is 0 Å². The van der Waals surface area contributed by atoms with Crippen molar-refractivity contribution in [3.05, 3.63) is 99.1 Å². The number of nitro benzene ring substituents is 1. The highest BCUT2D eigenvalue weighted by Crippen LogP contribution is 2.49. The third-order valence-corrected chi connectivity index (χ3v) is 6.27. The van der Waals surface area contributed by atoms with Gasteiger partial charge in [0.25, 0.3) is 11.6 Å². The van der Waals surface area contributed by atoms with E-state index >= 15 is 0 Å². The Bertz CT molecular complexity index is 1260. The molecule has 0 radical (unpaired) electrons. The summed E-state index contributed by atoms with van der Waals surface area (Å²) in [5, 5.41) is 13.1. The molecule has 3 aromatic carbocycles. The number of hydroxylamine groups is 1. The lowest BCUT2D eigenvalue weighted by molar-refractivity contribution is -0.384. The van der Waals surface area contributed by atoms with Crippen molar-refractivity contribution < 1.29 is 19.3 Å². The van der Waals surface area contributed by atoms with Crippen LogP contribution in [0, 0.1) is 23.0 Å². The molecule has 3 aromatic rings. The lowest BCUT2D eigenvalue weighted by Gasteiger charge is -2.29. The molecule has 0 saturated carbocycles. The molecule has 0 unspecified atom stereocenters. The van der Waals surface area contributed by atoms with Gasteiger partial charge in [-0.3, -0.25) is 24.5 Å². The fourth-order valence-electron chi connectivity index (χ4n) is 4.35. The van der Waals surface area contributed by atoms with Gasteiger partial charge in [0.1, 0.15) is 5.92 Å². The van der Waals surface area contributed by atoms with Crippen LogP contribution in [0.25, 0.3) is 0 Å². The second-order valence-electron chi connectivity index (χ2n) is 7.97. The Hall–Kier alpha value is -3.75. The predicted molar refractivity (Wildman–Crippen MR) is 122 cm³/mol. The zero-order chi connectivity index (χ0) is 23.3. The number of carbonyl (C=O) groups is 2. The van der Waals surface area contributed by atoms with Crippen molar-refractivity contribution in [1.82, 2.24) is 0 Å². The zero-order valence-electron chi connectivity index (χ0n) is 17.4. The van der Waals surface area contributed by atoms with Crippen LogP contribution in [-0.2, 0) is 14.4 Å². The van der Waals surface area contributed by atoms with Crippen LogP contribution in [0.4, 0.5) is 17.1 Å². The second-order valence-corrected chi connectivity index (χ2v) is 8.38. The molecule has 2 amide bonds. The molecule has 2 fully saturated rings. The summed E-state index contributed by atoms with van der Waals surface area (Å²) in [6.45, 7) is 1.91. The van der Waals surface area contributed by atoms with Gasteiger partial charge >= 0.3 is 0 Å². The number of imide groups is 1. The average molecular weight is 464 g/mol. The number of fused-ring (bicyclic) bond motifs is 1. The molecule has 0 bridgehead atoms. The van der Waals surface area contributed by atoms with Crippen LogP contribution in [0.15, 0.2) is 72.8 Å². The van der Waals surface area contributed by atoms with Gasteiger partial charge in [-0.05, 0) is 37.3 Å². The Labute approximate surface area is 194 Å². The molecule has 2 heterocycles. The molecule has 9 heteroatoms. The summed E-state index contributed by atoms with van der Waals surface area (Å²) >= 11 is 6.46. The first kappa shape index (κ1) is 21.1. The standard InChI is InChI=1S/C24H18ClN3O5/c1-14-7-9-15(10-8-14)26-23(29)20-21(18-13-17(28(31)32)11-12-19(18)25)27(33-22(20)24(26)30)16-5-3-2-4-6-16/h2-13,20-22H,1H3/t20-,21-,22-/m1/s1. The summed E-state index contributed by atoms with van der Waals surface area (Å²) in [5.74, 6) is -1.86. The monoisotopic (exact) mass is 463 g/mol. The number of hydrogen-bond donors (Lipinski definition) is 0. The van der Waals surface area contributed by atoms with Crippen LogP contribution >= 0.6 is 11.6 Å². The molecule has 2 aliphatic heterocycles. The highest BCUT2D eigenvalue weighted by molar-refractivity contribution is 6.31. The molecule has 0 aromatic heterocycles. The fourth-order valence-corrected chi connectivity index (χ4v) is 4.58. The SMILES string of the molecule is Cc1ccc(N2C(=O)[C@@H]3[C@@H](c4cc([N+](=O)[O-])ccc4Cl)N(c4ccccc4)O[C@H]3C2=O)cc1. The molecule has 0 spiro atoms. The van der Waals surface area contributed by atoms with Crippen molar-refractivity contribution in [3.8, 4) is 0 Å². The van der Waals surface area contributed by atoms with Crippen LogP contribution in [0.2, 0.25) is 5.02 Å². The van der Waals surface area contributed by atoms with Crippen LogP contribution in [0.3, 0.4) is 0 Å². The average Bonchev–Trinajstić information content (AvgIpc) is 3.31. The number of aryl methyl sites for hydroxylation is 1. The van der Waals surface area contributed by atoms with Crippen LogP contribution < -0.4 is 9.96 Å². The van der Waals surface area contributed by atoms with Crippen LogP contribution in [-0.4, -0.2) is 22.8 Å².